The Bertz CT molecular complexity index is 1960. The number of aromatic carboxylic acids is 1. The van der Waals surface area contributed by atoms with Crippen LogP contribution in [0.4, 0.5) is 13.2 Å². The zero-order valence-electron chi connectivity index (χ0n) is 21.6. The fourth-order valence-electron chi connectivity index (χ4n) is 4.74. The number of hydrogen-bond acceptors (Lipinski definition) is 7. The average molecular weight is 631 g/mol. The van der Waals surface area contributed by atoms with Gasteiger partial charge in [-0.1, -0.05) is 6.07 Å². The Kier molecular flexibility index (Phi) is 7.25. The van der Waals surface area contributed by atoms with Crippen molar-refractivity contribution in [1.29, 1.82) is 0 Å². The van der Waals surface area contributed by atoms with E-state index < -0.39 is 37.7 Å². The number of rotatable bonds is 9. The molecule has 3 aromatic heterocycles. The van der Waals surface area contributed by atoms with Crippen LogP contribution in [0.1, 0.15) is 40.2 Å². The molecular weight excluding hydrogens is 610 g/mol. The quantitative estimate of drug-likeness (QED) is 0.205. The highest BCUT2D eigenvalue weighted by molar-refractivity contribution is 7.89. The van der Waals surface area contributed by atoms with Crippen molar-refractivity contribution < 1.29 is 31.5 Å². The first-order valence-corrected chi connectivity index (χ1v) is 15.9. The molecule has 2 aromatic carbocycles. The molecule has 0 bridgehead atoms. The van der Waals surface area contributed by atoms with Gasteiger partial charge in [0.25, 0.3) is 0 Å². The number of halogens is 3. The third kappa shape index (κ3) is 5.62. The van der Waals surface area contributed by atoms with Gasteiger partial charge < -0.3 is 5.11 Å². The van der Waals surface area contributed by atoms with Crippen molar-refractivity contribution in [3.63, 3.8) is 0 Å². The molecule has 14 heteroatoms. The van der Waals surface area contributed by atoms with Gasteiger partial charge in [0.05, 0.1) is 11.4 Å². The van der Waals surface area contributed by atoms with Crippen LogP contribution in [0.3, 0.4) is 0 Å². The van der Waals surface area contributed by atoms with E-state index >= 15 is 0 Å². The van der Waals surface area contributed by atoms with Crippen LogP contribution in [-0.4, -0.2) is 34.3 Å². The van der Waals surface area contributed by atoms with Crippen LogP contribution in [0.25, 0.3) is 26.8 Å². The number of carboxylic acids is 1. The Morgan fingerprint density at radius 2 is 1.86 bits per heavy atom. The molecule has 3 heterocycles. The van der Waals surface area contributed by atoms with Crippen LogP contribution in [0.15, 0.2) is 58.8 Å². The molecule has 0 saturated heterocycles. The molecule has 6 rings (SSSR count). The molecule has 1 saturated carbocycles. The standard InChI is InChI=1S/C28H21F3N4O4S3/c29-19-5-4-16(12-17(19)23-6-8-25(31)41-23)26-18(9-15-3-7-24(20(30)10-15)42(32,38)39)22(11-14-1-2-14)35(34-26)28-33-21(13-40-28)27(36)37/h3-8,10,12-14H,1-2,9,11H2,(H,36,37)(H2,32,38,39). The third-order valence-electron chi connectivity index (χ3n) is 6.92. The number of thiophene rings is 1. The van der Waals surface area contributed by atoms with Gasteiger partial charge in [-0.3, -0.25) is 0 Å². The summed E-state index contributed by atoms with van der Waals surface area (Å²) in [5.41, 5.74) is 2.78. The predicted molar refractivity (Wildman–Crippen MR) is 152 cm³/mol. The fraction of sp³-hybridized carbons (Fsp3) is 0.179. The van der Waals surface area contributed by atoms with Gasteiger partial charge in [0.1, 0.15) is 16.5 Å². The molecule has 0 spiro atoms. The predicted octanol–water partition coefficient (Wildman–Crippen LogP) is 6.03. The van der Waals surface area contributed by atoms with E-state index in [0.29, 0.717) is 44.7 Å². The Morgan fingerprint density at radius 1 is 1.07 bits per heavy atom. The molecule has 0 amide bonds. The molecule has 5 aromatic rings. The molecule has 0 aliphatic heterocycles. The van der Waals surface area contributed by atoms with Crippen molar-refractivity contribution >= 4 is 38.7 Å². The molecule has 0 unspecified atom stereocenters. The van der Waals surface area contributed by atoms with E-state index in [4.69, 9.17) is 10.2 Å². The number of sulfonamides is 1. The van der Waals surface area contributed by atoms with Crippen molar-refractivity contribution in [1.82, 2.24) is 14.8 Å². The molecule has 3 N–H and O–H groups in total. The number of thiazole rings is 1. The highest BCUT2D eigenvalue weighted by atomic mass is 32.2. The minimum absolute atomic E-state index is 0.122. The maximum atomic E-state index is 14.9. The Balaban J connectivity index is 1.54. The summed E-state index contributed by atoms with van der Waals surface area (Å²) in [4.78, 5) is 15.5. The van der Waals surface area contributed by atoms with E-state index in [9.17, 15) is 31.5 Å². The summed E-state index contributed by atoms with van der Waals surface area (Å²) in [7, 11) is -4.27. The number of aromatic nitrogens is 3. The minimum atomic E-state index is -4.27. The molecular formula is C28H21F3N4O4S3. The number of benzene rings is 2. The van der Waals surface area contributed by atoms with Crippen LogP contribution in [-0.2, 0) is 22.9 Å². The van der Waals surface area contributed by atoms with Gasteiger partial charge in [-0.2, -0.15) is 9.49 Å². The van der Waals surface area contributed by atoms with Crippen LogP contribution in [0.2, 0.25) is 0 Å². The van der Waals surface area contributed by atoms with Gasteiger partial charge in [-0.25, -0.2) is 36.8 Å². The monoisotopic (exact) mass is 630 g/mol. The number of hydrogen-bond donors (Lipinski definition) is 2. The zero-order chi connectivity index (χ0) is 29.8. The van der Waals surface area contributed by atoms with Crippen LogP contribution >= 0.6 is 22.7 Å². The summed E-state index contributed by atoms with van der Waals surface area (Å²) < 4.78 is 68.6. The number of nitrogens with zero attached hydrogens (tertiary/aromatic N) is 3. The molecule has 8 nitrogen and oxygen atoms in total. The minimum Gasteiger partial charge on any atom is -0.476 e. The number of carboxylic acid groups (broad SMARTS) is 1. The first kappa shape index (κ1) is 28.3. The molecule has 0 radical (unpaired) electrons. The summed E-state index contributed by atoms with van der Waals surface area (Å²) in [5.74, 6) is -2.38. The van der Waals surface area contributed by atoms with E-state index in [0.717, 1.165) is 53.3 Å². The van der Waals surface area contributed by atoms with Crippen molar-refractivity contribution in [2.24, 2.45) is 11.1 Å². The molecule has 0 atom stereocenters. The summed E-state index contributed by atoms with van der Waals surface area (Å²) in [5, 5.41) is 20.6. The Labute approximate surface area is 246 Å². The maximum absolute atomic E-state index is 14.9. The van der Waals surface area contributed by atoms with Crippen molar-refractivity contribution in [2.75, 3.05) is 0 Å². The lowest BCUT2D eigenvalue weighted by atomic mass is 9.96. The second-order valence-electron chi connectivity index (χ2n) is 9.94. The van der Waals surface area contributed by atoms with E-state index in [2.05, 4.69) is 4.98 Å². The van der Waals surface area contributed by atoms with Gasteiger partial charge in [0.2, 0.25) is 15.2 Å². The maximum Gasteiger partial charge on any atom is 0.355 e. The summed E-state index contributed by atoms with van der Waals surface area (Å²) in [6, 6.07) is 10.8. The van der Waals surface area contributed by atoms with Crippen LogP contribution in [0.5, 0.6) is 0 Å². The highest BCUT2D eigenvalue weighted by Gasteiger charge is 2.30. The lowest BCUT2D eigenvalue weighted by Crippen LogP contribution is -2.14. The largest absolute Gasteiger partial charge is 0.476 e. The summed E-state index contributed by atoms with van der Waals surface area (Å²) in [6.07, 6.45) is 2.67. The first-order chi connectivity index (χ1) is 20.0. The van der Waals surface area contributed by atoms with Gasteiger partial charge in [0, 0.05) is 33.4 Å². The van der Waals surface area contributed by atoms with Crippen molar-refractivity contribution in [2.45, 2.75) is 30.6 Å². The van der Waals surface area contributed by atoms with E-state index in [1.807, 2.05) is 0 Å². The zero-order valence-corrected chi connectivity index (χ0v) is 24.0. The molecule has 42 heavy (non-hydrogen) atoms. The Hall–Kier alpha value is -3.85. The van der Waals surface area contributed by atoms with Crippen LogP contribution < -0.4 is 5.14 Å². The lowest BCUT2D eigenvalue weighted by molar-refractivity contribution is 0.0691. The highest BCUT2D eigenvalue weighted by Crippen LogP contribution is 2.40. The van der Waals surface area contributed by atoms with Crippen molar-refractivity contribution in [3.8, 4) is 26.8 Å². The van der Waals surface area contributed by atoms with Gasteiger partial charge in [-0.05, 0) is 73.2 Å². The second kappa shape index (κ2) is 10.8. The Morgan fingerprint density at radius 3 is 2.48 bits per heavy atom. The van der Waals surface area contributed by atoms with Gasteiger partial charge in [-0.15, -0.1) is 22.7 Å². The molecule has 1 fully saturated rings. The lowest BCUT2D eigenvalue weighted by Gasteiger charge is -2.10. The molecule has 1 aliphatic carbocycles. The smallest absolute Gasteiger partial charge is 0.355 e. The average Bonchev–Trinajstić information content (AvgIpc) is 3.27. The molecule has 1 aliphatic rings. The number of primary sulfonamides is 1. The first-order valence-electron chi connectivity index (χ1n) is 12.6. The SMILES string of the molecule is NS(=O)(=O)c1ccc(Cc2c(-c3ccc(F)c(-c4ccc(F)s4)c3)nn(-c3nc(C(=O)O)cs3)c2CC2CC2)cc1F. The normalized spacial score (nSPS) is 13.5. The third-order valence-corrected chi connectivity index (χ3v) is 9.59. The van der Waals surface area contributed by atoms with Gasteiger partial charge >= 0.3 is 5.97 Å². The number of carbonyl (C=O) groups is 1. The fourth-order valence-corrected chi connectivity index (χ4v) is 6.85. The van der Waals surface area contributed by atoms with Gasteiger partial charge in [0.15, 0.2) is 10.8 Å². The van der Waals surface area contributed by atoms with E-state index in [-0.39, 0.29) is 17.7 Å². The summed E-state index contributed by atoms with van der Waals surface area (Å²) in [6.45, 7) is 0. The topological polar surface area (TPSA) is 128 Å². The molecule has 216 valence electrons. The van der Waals surface area contributed by atoms with Crippen LogP contribution in [0, 0.1) is 22.7 Å². The summed E-state index contributed by atoms with van der Waals surface area (Å²) >= 11 is 1.90. The second-order valence-corrected chi connectivity index (χ2v) is 13.3. The van der Waals surface area contributed by atoms with E-state index in [1.165, 1.54) is 35.7 Å². The van der Waals surface area contributed by atoms with E-state index in [1.54, 1.807) is 10.7 Å². The van der Waals surface area contributed by atoms with Crippen molar-refractivity contribution in [3.05, 3.63) is 93.2 Å². The number of nitrogens with two attached hydrogens (primary N) is 1.